The fourth-order valence-electron chi connectivity index (χ4n) is 1.68. The lowest BCUT2D eigenvalue weighted by Gasteiger charge is -2.02. The van der Waals surface area contributed by atoms with E-state index in [-0.39, 0.29) is 0 Å². The van der Waals surface area contributed by atoms with Gasteiger partial charge < -0.3 is 5.73 Å². The maximum atomic E-state index is 5.73. The van der Waals surface area contributed by atoms with E-state index in [4.69, 9.17) is 5.73 Å². The highest BCUT2D eigenvalue weighted by molar-refractivity contribution is 5.40. The molecule has 0 aliphatic heterocycles. The summed E-state index contributed by atoms with van der Waals surface area (Å²) in [6.07, 6.45) is 2.12. The molecule has 17 heavy (non-hydrogen) atoms. The number of benzene rings is 2. The van der Waals surface area contributed by atoms with Gasteiger partial charge in [0.1, 0.15) is 0 Å². The third-order valence-corrected chi connectivity index (χ3v) is 2.50. The summed E-state index contributed by atoms with van der Waals surface area (Å²) in [7, 11) is 0. The summed E-state index contributed by atoms with van der Waals surface area (Å²) < 4.78 is 0. The summed E-state index contributed by atoms with van der Waals surface area (Å²) in [4.78, 5) is 0. The second kappa shape index (κ2) is 7.50. The van der Waals surface area contributed by atoms with Gasteiger partial charge in [-0.25, -0.2) is 0 Å². The molecular weight excluding hydrogens is 206 g/mol. The normalized spacial score (nSPS) is 9.29. The molecule has 1 nitrogen and oxygen atoms in total. The predicted molar refractivity (Wildman–Crippen MR) is 76.1 cm³/mol. The molecule has 0 saturated carbocycles. The van der Waals surface area contributed by atoms with E-state index >= 15 is 0 Å². The zero-order valence-electron chi connectivity index (χ0n) is 10.7. The van der Waals surface area contributed by atoms with Gasteiger partial charge in [-0.1, -0.05) is 56.3 Å². The van der Waals surface area contributed by atoms with Crippen LogP contribution in [-0.2, 0) is 12.8 Å². The molecule has 0 fully saturated rings. The second-order valence-corrected chi connectivity index (χ2v) is 3.73. The average Bonchev–Trinajstić information content (AvgIpc) is 2.40. The first-order valence-corrected chi connectivity index (χ1v) is 6.23. The summed E-state index contributed by atoms with van der Waals surface area (Å²) in [5.41, 5.74) is 9.25. The first-order valence-electron chi connectivity index (χ1n) is 6.23. The van der Waals surface area contributed by atoms with Crippen LogP contribution in [-0.4, -0.2) is 0 Å². The number of rotatable bonds is 3. The minimum atomic E-state index is 0.848. The molecule has 0 aliphatic carbocycles. The maximum Gasteiger partial charge on any atom is 0.0316 e. The Kier molecular flexibility index (Phi) is 5.87. The van der Waals surface area contributed by atoms with Gasteiger partial charge in [0, 0.05) is 5.69 Å². The molecule has 1 heteroatoms. The number of nitrogens with two attached hydrogens (primary N) is 1. The quantitative estimate of drug-likeness (QED) is 0.786. The minimum absolute atomic E-state index is 0.848. The molecule has 0 amide bonds. The van der Waals surface area contributed by atoms with Gasteiger partial charge in [0.05, 0.1) is 0 Å². The van der Waals surface area contributed by atoms with Crippen molar-refractivity contribution in [1.82, 2.24) is 0 Å². The van der Waals surface area contributed by atoms with Crippen LogP contribution in [0.2, 0.25) is 0 Å². The van der Waals surface area contributed by atoms with E-state index < -0.39 is 0 Å². The Morgan fingerprint density at radius 3 is 2.00 bits per heavy atom. The first kappa shape index (κ1) is 13.3. The summed E-state index contributed by atoms with van der Waals surface area (Å²) in [5.74, 6) is 0. The standard InChI is InChI=1S/C14H15N.C2H6/c15-14-8-4-7-13(11-14)10-9-12-5-2-1-3-6-12;1-2/h1-8,11H,9-10,15H2;1-2H3. The molecule has 0 heterocycles. The van der Waals surface area contributed by atoms with E-state index in [2.05, 4.69) is 30.3 Å². The Hall–Kier alpha value is -1.76. The van der Waals surface area contributed by atoms with Gasteiger partial charge in [-0.3, -0.25) is 0 Å². The van der Waals surface area contributed by atoms with Crippen molar-refractivity contribution < 1.29 is 0 Å². The monoisotopic (exact) mass is 227 g/mol. The topological polar surface area (TPSA) is 26.0 Å². The molecule has 0 radical (unpaired) electrons. The summed E-state index contributed by atoms with van der Waals surface area (Å²) >= 11 is 0. The van der Waals surface area contributed by atoms with Crippen LogP contribution in [0.5, 0.6) is 0 Å². The smallest absolute Gasteiger partial charge is 0.0316 e. The Balaban J connectivity index is 0.000000686. The van der Waals surface area contributed by atoms with Crippen molar-refractivity contribution in [2.75, 3.05) is 5.73 Å². The molecule has 0 aliphatic rings. The number of nitrogen functional groups attached to an aromatic ring is 1. The predicted octanol–water partition coefficient (Wildman–Crippen LogP) is 4.08. The Morgan fingerprint density at radius 2 is 1.35 bits per heavy atom. The van der Waals surface area contributed by atoms with Gasteiger partial charge in [0.25, 0.3) is 0 Å². The molecule has 0 saturated heterocycles. The van der Waals surface area contributed by atoms with Crippen molar-refractivity contribution in [3.8, 4) is 0 Å². The van der Waals surface area contributed by atoms with Gasteiger partial charge >= 0.3 is 0 Å². The highest BCUT2D eigenvalue weighted by Gasteiger charge is 1.95. The zero-order chi connectivity index (χ0) is 12.5. The Morgan fingerprint density at radius 1 is 0.765 bits per heavy atom. The van der Waals surface area contributed by atoms with Gasteiger partial charge in [-0.2, -0.15) is 0 Å². The maximum absolute atomic E-state index is 5.73. The van der Waals surface area contributed by atoms with Crippen molar-refractivity contribution >= 4 is 5.69 Å². The molecule has 0 spiro atoms. The van der Waals surface area contributed by atoms with Crippen LogP contribution in [0, 0.1) is 0 Å². The molecule has 90 valence electrons. The van der Waals surface area contributed by atoms with Crippen LogP contribution < -0.4 is 5.73 Å². The molecular formula is C16H21N. The third kappa shape index (κ3) is 4.73. The molecule has 2 aromatic carbocycles. The van der Waals surface area contributed by atoms with Crippen LogP contribution in [0.3, 0.4) is 0 Å². The highest BCUT2D eigenvalue weighted by Crippen LogP contribution is 2.10. The van der Waals surface area contributed by atoms with Gasteiger partial charge in [-0.15, -0.1) is 0 Å². The van der Waals surface area contributed by atoms with E-state index in [0.717, 1.165) is 18.5 Å². The Bertz CT molecular complexity index is 421. The summed E-state index contributed by atoms with van der Waals surface area (Å²) in [6, 6.07) is 18.6. The number of anilines is 1. The van der Waals surface area contributed by atoms with Crippen molar-refractivity contribution in [3.63, 3.8) is 0 Å². The lowest BCUT2D eigenvalue weighted by molar-refractivity contribution is 0.961. The van der Waals surface area contributed by atoms with Crippen LogP contribution in [0.1, 0.15) is 25.0 Å². The highest BCUT2D eigenvalue weighted by atomic mass is 14.5. The minimum Gasteiger partial charge on any atom is -0.399 e. The van der Waals surface area contributed by atoms with Gasteiger partial charge in [0.15, 0.2) is 0 Å². The molecule has 0 aromatic heterocycles. The van der Waals surface area contributed by atoms with Crippen LogP contribution in [0.4, 0.5) is 5.69 Å². The average molecular weight is 227 g/mol. The van der Waals surface area contributed by atoms with Crippen LogP contribution >= 0.6 is 0 Å². The number of hydrogen-bond donors (Lipinski definition) is 1. The largest absolute Gasteiger partial charge is 0.399 e. The Labute approximate surface area is 104 Å². The van der Waals surface area contributed by atoms with Crippen LogP contribution in [0.25, 0.3) is 0 Å². The van der Waals surface area contributed by atoms with E-state index in [1.54, 1.807) is 0 Å². The summed E-state index contributed by atoms with van der Waals surface area (Å²) in [6.45, 7) is 4.00. The molecule has 0 unspecified atom stereocenters. The van der Waals surface area contributed by atoms with Gasteiger partial charge in [-0.05, 0) is 36.1 Å². The zero-order valence-corrected chi connectivity index (χ0v) is 10.7. The molecule has 2 aromatic rings. The van der Waals surface area contributed by atoms with E-state index in [1.807, 2.05) is 38.1 Å². The fourth-order valence-corrected chi connectivity index (χ4v) is 1.68. The van der Waals surface area contributed by atoms with Crippen LogP contribution in [0.15, 0.2) is 54.6 Å². The fraction of sp³-hybridized carbons (Fsp3) is 0.250. The van der Waals surface area contributed by atoms with E-state index in [1.165, 1.54) is 11.1 Å². The van der Waals surface area contributed by atoms with E-state index in [0.29, 0.717) is 0 Å². The second-order valence-electron chi connectivity index (χ2n) is 3.73. The van der Waals surface area contributed by atoms with Gasteiger partial charge in [0.2, 0.25) is 0 Å². The van der Waals surface area contributed by atoms with E-state index in [9.17, 15) is 0 Å². The number of hydrogen-bond acceptors (Lipinski definition) is 1. The van der Waals surface area contributed by atoms with Crippen molar-refractivity contribution in [2.45, 2.75) is 26.7 Å². The molecule has 2 N–H and O–H groups in total. The van der Waals surface area contributed by atoms with Crippen molar-refractivity contribution in [2.24, 2.45) is 0 Å². The third-order valence-electron chi connectivity index (χ3n) is 2.50. The number of aryl methyl sites for hydroxylation is 2. The first-order chi connectivity index (χ1) is 8.34. The molecule has 0 bridgehead atoms. The molecule has 0 atom stereocenters. The lowest BCUT2D eigenvalue weighted by Crippen LogP contribution is -1.92. The molecule has 2 rings (SSSR count). The van der Waals surface area contributed by atoms with Crippen molar-refractivity contribution in [1.29, 1.82) is 0 Å². The summed E-state index contributed by atoms with van der Waals surface area (Å²) in [5, 5.41) is 0. The SMILES string of the molecule is CC.Nc1cccc(CCc2ccccc2)c1. The lowest BCUT2D eigenvalue weighted by atomic mass is 10.0. The van der Waals surface area contributed by atoms with Crippen molar-refractivity contribution in [3.05, 3.63) is 65.7 Å².